The van der Waals surface area contributed by atoms with Crippen molar-refractivity contribution >= 4 is 27.7 Å². The first-order valence-corrected chi connectivity index (χ1v) is 8.57. The molecule has 0 spiro atoms. The molecule has 2 aliphatic rings. The second kappa shape index (κ2) is 7.42. The molecule has 0 unspecified atom stereocenters. The zero-order valence-electron chi connectivity index (χ0n) is 12.8. The zero-order valence-corrected chi connectivity index (χ0v) is 14.4. The molecule has 1 atom stereocenters. The Hall–Kier alpha value is -1.44. The number of hydrogen-bond acceptors (Lipinski definition) is 4. The van der Waals surface area contributed by atoms with Gasteiger partial charge >= 0.3 is 0 Å². The smallest absolute Gasteiger partial charge is 0.242 e. The molecule has 0 bridgehead atoms. The van der Waals surface area contributed by atoms with Crippen LogP contribution in [0, 0.1) is 0 Å². The maximum atomic E-state index is 12.5. The summed E-state index contributed by atoms with van der Waals surface area (Å²) in [6, 6.07) is 7.89. The highest BCUT2D eigenvalue weighted by Crippen LogP contribution is 2.28. The van der Waals surface area contributed by atoms with Gasteiger partial charge in [-0.3, -0.25) is 9.59 Å². The van der Waals surface area contributed by atoms with Crippen molar-refractivity contribution in [1.29, 1.82) is 0 Å². The number of benzene rings is 1. The predicted octanol–water partition coefficient (Wildman–Crippen LogP) is 0.781. The lowest BCUT2D eigenvalue weighted by atomic mass is 10.1. The number of ether oxygens (including phenoxy) is 1. The van der Waals surface area contributed by atoms with E-state index in [1.165, 1.54) is 0 Å². The van der Waals surface area contributed by atoms with Crippen molar-refractivity contribution < 1.29 is 14.3 Å². The lowest BCUT2D eigenvalue weighted by molar-refractivity contribution is -0.145. The molecule has 7 heteroatoms. The van der Waals surface area contributed by atoms with Crippen molar-refractivity contribution in [2.45, 2.75) is 6.10 Å². The van der Waals surface area contributed by atoms with E-state index in [4.69, 9.17) is 4.74 Å². The fourth-order valence-electron chi connectivity index (χ4n) is 2.88. The van der Waals surface area contributed by atoms with E-state index in [1.807, 2.05) is 24.3 Å². The van der Waals surface area contributed by atoms with Gasteiger partial charge in [-0.15, -0.1) is 0 Å². The number of piperazine rings is 1. The molecule has 2 fully saturated rings. The molecular formula is C16H20BrN3O3. The Labute approximate surface area is 143 Å². The summed E-state index contributed by atoms with van der Waals surface area (Å²) in [5, 5.41) is 3.01. The molecule has 2 aliphatic heterocycles. The van der Waals surface area contributed by atoms with Gasteiger partial charge in [-0.2, -0.15) is 0 Å². The van der Waals surface area contributed by atoms with Gasteiger partial charge in [0.25, 0.3) is 0 Å². The number of rotatable bonds is 3. The maximum absolute atomic E-state index is 12.5. The number of hydrogen-bond donors (Lipinski definition) is 1. The first-order chi connectivity index (χ1) is 11.1. The Morgan fingerprint density at radius 1 is 1.35 bits per heavy atom. The number of nitrogens with one attached hydrogen (secondary N) is 1. The monoisotopic (exact) mass is 381 g/mol. The van der Waals surface area contributed by atoms with Crippen LogP contribution in [0.4, 0.5) is 0 Å². The summed E-state index contributed by atoms with van der Waals surface area (Å²) in [6.07, 6.45) is -0.137. The first-order valence-electron chi connectivity index (χ1n) is 7.77. The minimum Gasteiger partial charge on any atom is -0.370 e. The molecule has 1 N–H and O–H groups in total. The van der Waals surface area contributed by atoms with E-state index in [0.717, 1.165) is 16.6 Å². The number of carbonyl (C=O) groups excluding carboxylic acids is 2. The molecule has 23 heavy (non-hydrogen) atoms. The summed E-state index contributed by atoms with van der Waals surface area (Å²) in [5.41, 5.74) is 1.04. The van der Waals surface area contributed by atoms with Crippen LogP contribution in [0.3, 0.4) is 0 Å². The lowest BCUT2D eigenvalue weighted by Crippen LogP contribution is -2.53. The van der Waals surface area contributed by atoms with Gasteiger partial charge in [0.15, 0.2) is 0 Å². The van der Waals surface area contributed by atoms with Crippen LogP contribution in [-0.4, -0.2) is 67.5 Å². The Balaban J connectivity index is 1.63. The summed E-state index contributed by atoms with van der Waals surface area (Å²) in [7, 11) is 0. The Morgan fingerprint density at radius 2 is 2.17 bits per heavy atom. The molecule has 2 saturated heterocycles. The Kier molecular flexibility index (Phi) is 5.30. The summed E-state index contributed by atoms with van der Waals surface area (Å²) < 4.78 is 6.80. The topological polar surface area (TPSA) is 61.9 Å². The molecule has 0 saturated carbocycles. The van der Waals surface area contributed by atoms with Crippen molar-refractivity contribution in [3.8, 4) is 0 Å². The van der Waals surface area contributed by atoms with Crippen molar-refractivity contribution in [2.24, 2.45) is 0 Å². The molecule has 0 aliphatic carbocycles. The molecule has 3 rings (SSSR count). The third kappa shape index (κ3) is 3.91. The third-order valence-electron chi connectivity index (χ3n) is 4.18. The highest BCUT2D eigenvalue weighted by Gasteiger charge is 2.29. The normalized spacial score (nSPS) is 22.3. The van der Waals surface area contributed by atoms with Crippen molar-refractivity contribution in [3.05, 3.63) is 34.3 Å². The van der Waals surface area contributed by atoms with Crippen molar-refractivity contribution in [2.75, 3.05) is 45.9 Å². The molecule has 1 aromatic carbocycles. The third-order valence-corrected chi connectivity index (χ3v) is 4.91. The van der Waals surface area contributed by atoms with Crippen LogP contribution >= 0.6 is 15.9 Å². The van der Waals surface area contributed by atoms with Crippen LogP contribution in [-0.2, 0) is 14.3 Å². The van der Waals surface area contributed by atoms with Crippen molar-refractivity contribution in [3.63, 3.8) is 0 Å². The van der Waals surface area contributed by atoms with Gasteiger partial charge in [0, 0.05) is 24.1 Å². The van der Waals surface area contributed by atoms with Gasteiger partial charge in [0.05, 0.1) is 26.2 Å². The molecule has 0 radical (unpaired) electrons. The maximum Gasteiger partial charge on any atom is 0.242 e. The van der Waals surface area contributed by atoms with Gasteiger partial charge in [-0.1, -0.05) is 34.1 Å². The Morgan fingerprint density at radius 3 is 2.96 bits per heavy atom. The first kappa shape index (κ1) is 16.4. The predicted molar refractivity (Wildman–Crippen MR) is 88.9 cm³/mol. The van der Waals surface area contributed by atoms with Gasteiger partial charge in [0.1, 0.15) is 6.10 Å². The number of nitrogens with zero attached hydrogens (tertiary/aromatic N) is 2. The molecule has 6 nitrogen and oxygen atoms in total. The fourth-order valence-corrected chi connectivity index (χ4v) is 3.42. The molecule has 124 valence electrons. The molecular weight excluding hydrogens is 362 g/mol. The summed E-state index contributed by atoms with van der Waals surface area (Å²) in [4.78, 5) is 27.7. The van der Waals surface area contributed by atoms with E-state index in [9.17, 15) is 9.59 Å². The van der Waals surface area contributed by atoms with Crippen LogP contribution in [0.2, 0.25) is 0 Å². The Bertz CT molecular complexity index is 596. The van der Waals surface area contributed by atoms with Crippen molar-refractivity contribution in [1.82, 2.24) is 15.1 Å². The van der Waals surface area contributed by atoms with Crippen LogP contribution < -0.4 is 5.32 Å². The van der Waals surface area contributed by atoms with Gasteiger partial charge < -0.3 is 19.9 Å². The highest BCUT2D eigenvalue weighted by atomic mass is 79.9. The lowest BCUT2D eigenvalue weighted by Gasteiger charge is -2.35. The zero-order chi connectivity index (χ0) is 16.2. The average molecular weight is 382 g/mol. The number of halogens is 1. The summed E-state index contributed by atoms with van der Waals surface area (Å²) in [6.45, 7) is 3.39. The van der Waals surface area contributed by atoms with E-state index < -0.39 is 0 Å². The molecule has 0 aromatic heterocycles. The fraction of sp³-hybridized carbons (Fsp3) is 0.500. The SMILES string of the molecule is O=C1CNCCN1CC(=O)N1CCO[C@H](c2ccccc2Br)C1. The second-order valence-electron chi connectivity index (χ2n) is 5.71. The van der Waals surface area contributed by atoms with E-state index >= 15 is 0 Å². The minimum atomic E-state index is -0.137. The highest BCUT2D eigenvalue weighted by molar-refractivity contribution is 9.10. The van der Waals surface area contributed by atoms with Crippen LogP contribution in [0.15, 0.2) is 28.7 Å². The molecule has 1 aromatic rings. The van der Waals surface area contributed by atoms with E-state index in [2.05, 4.69) is 21.2 Å². The standard InChI is InChI=1S/C16H20BrN3O3/c17-13-4-2-1-3-12(13)14-10-20(7-8-23-14)16(22)11-19-6-5-18-9-15(19)21/h1-4,14,18H,5-11H2/t14-/m0/s1. The van der Waals surface area contributed by atoms with E-state index in [1.54, 1.807) is 9.80 Å². The van der Waals surface area contributed by atoms with Gasteiger partial charge in [-0.05, 0) is 11.6 Å². The van der Waals surface area contributed by atoms with Gasteiger partial charge in [0.2, 0.25) is 11.8 Å². The quantitative estimate of drug-likeness (QED) is 0.840. The largest absolute Gasteiger partial charge is 0.370 e. The number of amides is 2. The van der Waals surface area contributed by atoms with Crippen LogP contribution in [0.25, 0.3) is 0 Å². The summed E-state index contributed by atoms with van der Waals surface area (Å²) in [5.74, 6) is -0.0270. The second-order valence-corrected chi connectivity index (χ2v) is 6.57. The molecule has 2 amide bonds. The van der Waals surface area contributed by atoms with Crippen LogP contribution in [0.1, 0.15) is 11.7 Å². The van der Waals surface area contributed by atoms with E-state index in [0.29, 0.717) is 32.8 Å². The minimum absolute atomic E-state index is 0.0133. The van der Waals surface area contributed by atoms with Crippen LogP contribution in [0.5, 0.6) is 0 Å². The van der Waals surface area contributed by atoms with Gasteiger partial charge in [-0.25, -0.2) is 0 Å². The summed E-state index contributed by atoms with van der Waals surface area (Å²) >= 11 is 3.53. The number of morpholine rings is 1. The molecule has 2 heterocycles. The number of carbonyl (C=O) groups is 2. The van der Waals surface area contributed by atoms with E-state index in [-0.39, 0.29) is 24.5 Å². The average Bonchev–Trinajstić information content (AvgIpc) is 2.57.